The Hall–Kier alpha value is -1.75. The summed E-state index contributed by atoms with van der Waals surface area (Å²) in [6.45, 7) is 0.288. The second-order valence-electron chi connectivity index (χ2n) is 5.02. The van der Waals surface area contributed by atoms with E-state index in [1.165, 1.54) is 7.11 Å². The van der Waals surface area contributed by atoms with Crippen LogP contribution >= 0.6 is 0 Å². The monoisotopic (exact) mass is 279 g/mol. The number of rotatable bonds is 7. The largest absolute Gasteiger partial charge is 0.497 e. The van der Waals surface area contributed by atoms with Gasteiger partial charge in [-0.2, -0.15) is 0 Å². The van der Waals surface area contributed by atoms with Gasteiger partial charge in [-0.25, -0.2) is 4.79 Å². The maximum Gasteiger partial charge on any atom is 0.334 e. The molecule has 0 heterocycles. The first-order chi connectivity index (χ1) is 9.66. The summed E-state index contributed by atoms with van der Waals surface area (Å²) in [5.74, 6) is 0.743. The molecule has 1 aromatic carbocycles. The Morgan fingerprint density at radius 3 is 2.35 bits per heavy atom. The molecule has 0 aliphatic heterocycles. The molecule has 2 rings (SSSR count). The van der Waals surface area contributed by atoms with E-state index in [1.807, 2.05) is 24.3 Å². The van der Waals surface area contributed by atoms with Crippen molar-refractivity contribution in [2.75, 3.05) is 33.3 Å². The standard InChI is InChI=1S/C15H21NO4/c1-18-10-15(11-4-5-11,14(17)20-3)16-12-6-8-13(19-2)9-7-12/h6-9,11,16H,4-5,10H2,1-3H3. The lowest BCUT2D eigenvalue weighted by Crippen LogP contribution is -2.53. The summed E-state index contributed by atoms with van der Waals surface area (Å²) in [6, 6.07) is 7.47. The Morgan fingerprint density at radius 1 is 1.25 bits per heavy atom. The molecular weight excluding hydrogens is 258 g/mol. The van der Waals surface area contributed by atoms with Crippen LogP contribution in [0.15, 0.2) is 24.3 Å². The molecule has 0 spiro atoms. The van der Waals surface area contributed by atoms with E-state index >= 15 is 0 Å². The van der Waals surface area contributed by atoms with Gasteiger partial charge >= 0.3 is 5.97 Å². The maximum atomic E-state index is 12.2. The number of ether oxygens (including phenoxy) is 3. The lowest BCUT2D eigenvalue weighted by atomic mass is 9.93. The zero-order chi connectivity index (χ0) is 14.6. The summed E-state index contributed by atoms with van der Waals surface area (Å²) in [5, 5.41) is 3.30. The first-order valence-corrected chi connectivity index (χ1v) is 6.66. The molecule has 1 unspecified atom stereocenters. The fourth-order valence-corrected chi connectivity index (χ4v) is 2.45. The molecule has 5 heteroatoms. The zero-order valence-corrected chi connectivity index (χ0v) is 12.1. The number of carbonyl (C=O) groups excluding carboxylic acids is 1. The Morgan fingerprint density at radius 2 is 1.90 bits per heavy atom. The van der Waals surface area contributed by atoms with Gasteiger partial charge in [0.25, 0.3) is 0 Å². The van der Waals surface area contributed by atoms with Gasteiger partial charge in [0.2, 0.25) is 0 Å². The molecule has 1 aromatic rings. The molecule has 0 radical (unpaired) electrons. The second kappa shape index (κ2) is 6.13. The van der Waals surface area contributed by atoms with E-state index < -0.39 is 5.54 Å². The minimum absolute atomic E-state index is 0.247. The highest BCUT2D eigenvalue weighted by Crippen LogP contribution is 2.42. The molecule has 1 fully saturated rings. The van der Waals surface area contributed by atoms with Crippen molar-refractivity contribution in [3.8, 4) is 5.75 Å². The van der Waals surface area contributed by atoms with E-state index in [-0.39, 0.29) is 18.5 Å². The predicted molar refractivity (Wildman–Crippen MR) is 76.0 cm³/mol. The third-order valence-corrected chi connectivity index (χ3v) is 3.65. The number of hydrogen-bond acceptors (Lipinski definition) is 5. The maximum absolute atomic E-state index is 12.2. The van der Waals surface area contributed by atoms with Crippen molar-refractivity contribution in [2.45, 2.75) is 18.4 Å². The third-order valence-electron chi connectivity index (χ3n) is 3.65. The Balaban J connectivity index is 2.23. The van der Waals surface area contributed by atoms with Gasteiger partial charge in [-0.1, -0.05) is 0 Å². The van der Waals surface area contributed by atoms with Crippen LogP contribution in [0.3, 0.4) is 0 Å². The van der Waals surface area contributed by atoms with Crippen LogP contribution in [-0.4, -0.2) is 39.4 Å². The molecule has 1 aliphatic carbocycles. The Labute approximate surface area is 119 Å². The Kier molecular flexibility index (Phi) is 4.49. The van der Waals surface area contributed by atoms with E-state index in [9.17, 15) is 4.79 Å². The van der Waals surface area contributed by atoms with E-state index in [4.69, 9.17) is 14.2 Å². The fraction of sp³-hybridized carbons (Fsp3) is 0.533. The average Bonchev–Trinajstić information content (AvgIpc) is 3.31. The van der Waals surface area contributed by atoms with E-state index in [0.717, 1.165) is 24.3 Å². The molecule has 110 valence electrons. The van der Waals surface area contributed by atoms with Crippen molar-refractivity contribution in [3.63, 3.8) is 0 Å². The van der Waals surface area contributed by atoms with Crippen LogP contribution in [0, 0.1) is 5.92 Å². The summed E-state index contributed by atoms with van der Waals surface area (Å²) in [7, 11) is 4.62. The van der Waals surface area contributed by atoms with Gasteiger partial charge in [0, 0.05) is 12.8 Å². The summed E-state index contributed by atoms with van der Waals surface area (Å²) in [6.07, 6.45) is 2.00. The minimum atomic E-state index is -0.807. The molecule has 0 bridgehead atoms. The lowest BCUT2D eigenvalue weighted by Gasteiger charge is -2.32. The highest BCUT2D eigenvalue weighted by atomic mass is 16.5. The molecule has 20 heavy (non-hydrogen) atoms. The van der Waals surface area contributed by atoms with Crippen molar-refractivity contribution in [3.05, 3.63) is 24.3 Å². The molecule has 0 amide bonds. The lowest BCUT2D eigenvalue weighted by molar-refractivity contribution is -0.149. The van der Waals surface area contributed by atoms with Gasteiger partial charge in [0.1, 0.15) is 5.75 Å². The summed E-state index contributed by atoms with van der Waals surface area (Å²) >= 11 is 0. The van der Waals surface area contributed by atoms with Crippen LogP contribution in [0.4, 0.5) is 5.69 Å². The highest BCUT2D eigenvalue weighted by molar-refractivity contribution is 5.85. The van der Waals surface area contributed by atoms with Crippen LogP contribution in [0.25, 0.3) is 0 Å². The average molecular weight is 279 g/mol. The topological polar surface area (TPSA) is 56.8 Å². The van der Waals surface area contributed by atoms with Crippen molar-refractivity contribution in [1.82, 2.24) is 0 Å². The van der Waals surface area contributed by atoms with Gasteiger partial charge in [-0.3, -0.25) is 0 Å². The quantitative estimate of drug-likeness (QED) is 0.774. The first-order valence-electron chi connectivity index (χ1n) is 6.66. The smallest absolute Gasteiger partial charge is 0.334 e. The fourth-order valence-electron chi connectivity index (χ4n) is 2.45. The summed E-state index contributed by atoms with van der Waals surface area (Å²) in [5.41, 5.74) is 0.0399. The summed E-state index contributed by atoms with van der Waals surface area (Å²) in [4.78, 5) is 12.2. The molecule has 5 nitrogen and oxygen atoms in total. The number of nitrogens with one attached hydrogen (secondary N) is 1. The van der Waals surface area contributed by atoms with Crippen molar-refractivity contribution in [2.24, 2.45) is 5.92 Å². The van der Waals surface area contributed by atoms with Gasteiger partial charge in [-0.15, -0.1) is 0 Å². The van der Waals surface area contributed by atoms with Crippen molar-refractivity contribution >= 4 is 11.7 Å². The zero-order valence-electron chi connectivity index (χ0n) is 12.1. The van der Waals surface area contributed by atoms with Gasteiger partial charge in [-0.05, 0) is 43.0 Å². The van der Waals surface area contributed by atoms with Crippen molar-refractivity contribution in [1.29, 1.82) is 0 Å². The highest BCUT2D eigenvalue weighted by Gasteiger charge is 2.52. The number of benzene rings is 1. The number of hydrogen-bond donors (Lipinski definition) is 1. The molecule has 1 aliphatic rings. The number of esters is 1. The molecular formula is C15H21NO4. The van der Waals surface area contributed by atoms with Gasteiger partial charge < -0.3 is 19.5 Å². The molecule has 1 saturated carbocycles. The van der Waals surface area contributed by atoms with Crippen LogP contribution in [0.1, 0.15) is 12.8 Å². The van der Waals surface area contributed by atoms with Crippen LogP contribution in [0.5, 0.6) is 5.75 Å². The van der Waals surface area contributed by atoms with Gasteiger partial charge in [0.15, 0.2) is 5.54 Å². The van der Waals surface area contributed by atoms with Crippen LogP contribution in [0.2, 0.25) is 0 Å². The van der Waals surface area contributed by atoms with E-state index in [1.54, 1.807) is 14.2 Å². The second-order valence-corrected chi connectivity index (χ2v) is 5.02. The van der Waals surface area contributed by atoms with Crippen molar-refractivity contribution < 1.29 is 19.0 Å². The molecule has 1 N–H and O–H groups in total. The van der Waals surface area contributed by atoms with E-state index in [2.05, 4.69) is 5.32 Å². The van der Waals surface area contributed by atoms with Gasteiger partial charge in [0.05, 0.1) is 20.8 Å². The Bertz CT molecular complexity index is 455. The minimum Gasteiger partial charge on any atom is -0.497 e. The van der Waals surface area contributed by atoms with E-state index in [0.29, 0.717) is 0 Å². The predicted octanol–water partition coefficient (Wildman–Crippen LogP) is 2.08. The SMILES string of the molecule is COCC(Nc1ccc(OC)cc1)(C(=O)OC)C1CC1. The number of methoxy groups -OCH3 is 3. The third kappa shape index (κ3) is 2.88. The summed E-state index contributed by atoms with van der Waals surface area (Å²) < 4.78 is 15.4. The number of anilines is 1. The molecule has 0 aromatic heterocycles. The molecule has 1 atom stereocenters. The first kappa shape index (κ1) is 14.7. The van der Waals surface area contributed by atoms with Crippen LogP contribution in [-0.2, 0) is 14.3 Å². The molecule has 0 saturated heterocycles. The van der Waals surface area contributed by atoms with Crippen LogP contribution < -0.4 is 10.1 Å². The normalized spacial score (nSPS) is 17.1. The number of carbonyl (C=O) groups is 1.